The highest BCUT2D eigenvalue weighted by atomic mass is 32.2. The molecule has 68 valence electrons. The molecular weight excluding hydrogens is 204 g/mol. The lowest BCUT2D eigenvalue weighted by Crippen LogP contribution is -1.78. The van der Waals surface area contributed by atoms with Crippen LogP contribution in [0.5, 0.6) is 0 Å². The van der Waals surface area contributed by atoms with E-state index in [0.717, 1.165) is 5.75 Å². The maximum Gasteiger partial charge on any atom is 0.226 e. The van der Waals surface area contributed by atoms with Gasteiger partial charge in [-0.25, -0.2) is 0 Å². The van der Waals surface area contributed by atoms with E-state index in [4.69, 9.17) is 4.42 Å². The molecule has 5 heteroatoms. The Balaban J connectivity index is 1.93. The number of aromatic nitrogens is 2. The van der Waals surface area contributed by atoms with E-state index in [9.17, 15) is 0 Å². The van der Waals surface area contributed by atoms with E-state index in [1.807, 2.05) is 6.07 Å². The zero-order valence-corrected chi connectivity index (χ0v) is 8.69. The van der Waals surface area contributed by atoms with Crippen LogP contribution in [0.2, 0.25) is 0 Å². The van der Waals surface area contributed by atoms with Gasteiger partial charge < -0.3 is 4.42 Å². The molecule has 0 N–H and O–H groups in total. The van der Waals surface area contributed by atoms with Gasteiger partial charge in [0, 0.05) is 6.92 Å². The topological polar surface area (TPSA) is 38.9 Å². The highest BCUT2D eigenvalue weighted by Gasteiger charge is 2.03. The second-order valence-corrected chi connectivity index (χ2v) is 4.66. The predicted octanol–water partition coefficient (Wildman–Crippen LogP) is 2.73. The number of aryl methyl sites for hydroxylation is 1. The maximum absolute atomic E-state index is 5.24. The molecule has 2 rings (SSSR count). The van der Waals surface area contributed by atoms with Gasteiger partial charge in [-0.2, -0.15) is 0 Å². The molecular formula is C8H8N2OS2. The molecule has 0 amide bonds. The first-order valence-corrected chi connectivity index (χ1v) is 5.66. The molecule has 0 unspecified atom stereocenters. The minimum Gasteiger partial charge on any atom is -0.425 e. The van der Waals surface area contributed by atoms with Crippen molar-refractivity contribution in [1.82, 2.24) is 10.2 Å². The number of thiophene rings is 1. The summed E-state index contributed by atoms with van der Waals surface area (Å²) in [6.45, 7) is 1.80. The van der Waals surface area contributed by atoms with Crippen molar-refractivity contribution >= 4 is 23.1 Å². The lowest BCUT2D eigenvalue weighted by Gasteiger charge is -1.91. The van der Waals surface area contributed by atoms with E-state index in [0.29, 0.717) is 11.8 Å². The molecule has 0 radical (unpaired) electrons. The van der Waals surface area contributed by atoms with Crippen molar-refractivity contribution in [3.8, 4) is 0 Å². The molecule has 0 aliphatic heterocycles. The Morgan fingerprint density at radius 3 is 3.08 bits per heavy atom. The zero-order valence-electron chi connectivity index (χ0n) is 7.06. The van der Waals surface area contributed by atoms with Gasteiger partial charge in [-0.1, -0.05) is 6.07 Å². The minimum absolute atomic E-state index is 0.627. The Kier molecular flexibility index (Phi) is 2.65. The Morgan fingerprint density at radius 1 is 1.54 bits per heavy atom. The molecule has 3 nitrogen and oxygen atoms in total. The van der Waals surface area contributed by atoms with Crippen molar-refractivity contribution in [2.75, 3.05) is 0 Å². The molecule has 13 heavy (non-hydrogen) atoms. The van der Waals surface area contributed by atoms with Crippen LogP contribution in [0.25, 0.3) is 0 Å². The molecule has 0 atom stereocenters. The molecule has 0 aliphatic rings. The molecule has 2 heterocycles. The first-order chi connectivity index (χ1) is 6.34. The highest BCUT2D eigenvalue weighted by Crippen LogP contribution is 2.26. The summed E-state index contributed by atoms with van der Waals surface area (Å²) in [6.07, 6.45) is 0. The van der Waals surface area contributed by atoms with Crippen molar-refractivity contribution < 1.29 is 4.42 Å². The Bertz CT molecular complexity index is 369. The van der Waals surface area contributed by atoms with Gasteiger partial charge in [0.2, 0.25) is 11.8 Å². The zero-order chi connectivity index (χ0) is 9.10. The number of thioether (sulfide) groups is 1. The molecule has 0 aliphatic carbocycles. The van der Waals surface area contributed by atoms with E-state index >= 15 is 0 Å². The lowest BCUT2D eigenvalue weighted by molar-refractivity contribution is 0.485. The van der Waals surface area contributed by atoms with Crippen LogP contribution in [-0.2, 0) is 5.75 Å². The number of hydrogen-bond donors (Lipinski definition) is 0. The quantitative estimate of drug-likeness (QED) is 0.733. The first-order valence-electron chi connectivity index (χ1n) is 3.80. The Hall–Kier alpha value is -0.810. The summed E-state index contributed by atoms with van der Waals surface area (Å²) < 4.78 is 6.52. The SMILES string of the molecule is Cc1nnc(CSc2cccs2)o1. The van der Waals surface area contributed by atoms with Crippen LogP contribution in [0.3, 0.4) is 0 Å². The average molecular weight is 212 g/mol. The van der Waals surface area contributed by atoms with Gasteiger partial charge in [0.05, 0.1) is 9.96 Å². The van der Waals surface area contributed by atoms with Gasteiger partial charge in [0.25, 0.3) is 0 Å². The van der Waals surface area contributed by atoms with Crippen LogP contribution in [0.15, 0.2) is 26.1 Å². The van der Waals surface area contributed by atoms with Crippen molar-refractivity contribution in [3.63, 3.8) is 0 Å². The molecule has 2 aromatic heterocycles. The number of rotatable bonds is 3. The van der Waals surface area contributed by atoms with Gasteiger partial charge in [-0.05, 0) is 11.4 Å². The van der Waals surface area contributed by atoms with E-state index in [2.05, 4.69) is 21.6 Å². The van der Waals surface area contributed by atoms with Crippen molar-refractivity contribution in [3.05, 3.63) is 29.3 Å². The van der Waals surface area contributed by atoms with E-state index in [-0.39, 0.29) is 0 Å². The summed E-state index contributed by atoms with van der Waals surface area (Å²) in [5.74, 6) is 2.07. The molecule has 0 spiro atoms. The van der Waals surface area contributed by atoms with Gasteiger partial charge in [0.1, 0.15) is 0 Å². The summed E-state index contributed by atoms with van der Waals surface area (Å²) in [5, 5.41) is 9.73. The third-order valence-corrected chi connectivity index (χ3v) is 3.52. The smallest absolute Gasteiger partial charge is 0.226 e. The molecule has 0 aromatic carbocycles. The van der Waals surface area contributed by atoms with E-state index < -0.39 is 0 Å². The lowest BCUT2D eigenvalue weighted by atomic mass is 10.7. The van der Waals surface area contributed by atoms with Gasteiger partial charge in [-0.15, -0.1) is 33.3 Å². The van der Waals surface area contributed by atoms with E-state index in [1.165, 1.54) is 4.21 Å². The predicted molar refractivity (Wildman–Crippen MR) is 52.9 cm³/mol. The summed E-state index contributed by atoms with van der Waals surface area (Å²) in [5.41, 5.74) is 0. The van der Waals surface area contributed by atoms with Gasteiger partial charge >= 0.3 is 0 Å². The van der Waals surface area contributed by atoms with Crippen molar-refractivity contribution in [2.45, 2.75) is 16.9 Å². The molecule has 0 fully saturated rings. The van der Waals surface area contributed by atoms with E-state index in [1.54, 1.807) is 30.0 Å². The second-order valence-electron chi connectivity index (χ2n) is 2.44. The largest absolute Gasteiger partial charge is 0.425 e. The van der Waals surface area contributed by atoms with Crippen LogP contribution >= 0.6 is 23.1 Å². The monoisotopic (exact) mass is 212 g/mol. The summed E-state index contributed by atoms with van der Waals surface area (Å²) in [6, 6.07) is 4.12. The first kappa shape index (κ1) is 8.77. The highest BCUT2D eigenvalue weighted by molar-refractivity contribution is 8.00. The van der Waals surface area contributed by atoms with Crippen molar-refractivity contribution in [2.24, 2.45) is 0 Å². The Labute approximate surface area is 84.2 Å². The van der Waals surface area contributed by atoms with Crippen LogP contribution < -0.4 is 0 Å². The van der Waals surface area contributed by atoms with Crippen LogP contribution in [0.4, 0.5) is 0 Å². The fraction of sp³-hybridized carbons (Fsp3) is 0.250. The molecule has 0 saturated heterocycles. The average Bonchev–Trinajstić information content (AvgIpc) is 2.71. The second kappa shape index (κ2) is 3.93. The standard InChI is InChI=1S/C8H8N2OS2/c1-6-9-10-7(11-6)5-13-8-3-2-4-12-8/h2-4H,5H2,1H3. The summed E-state index contributed by atoms with van der Waals surface area (Å²) in [4.78, 5) is 0. The summed E-state index contributed by atoms with van der Waals surface area (Å²) >= 11 is 3.44. The van der Waals surface area contributed by atoms with Crippen LogP contribution in [0, 0.1) is 6.92 Å². The molecule has 0 bridgehead atoms. The summed E-state index contributed by atoms with van der Waals surface area (Å²) in [7, 11) is 0. The fourth-order valence-electron chi connectivity index (χ4n) is 0.874. The van der Waals surface area contributed by atoms with Crippen LogP contribution in [-0.4, -0.2) is 10.2 Å². The number of nitrogens with zero attached hydrogens (tertiary/aromatic N) is 2. The normalized spacial score (nSPS) is 10.5. The van der Waals surface area contributed by atoms with Gasteiger partial charge in [-0.3, -0.25) is 0 Å². The third-order valence-electron chi connectivity index (χ3n) is 1.40. The Morgan fingerprint density at radius 2 is 2.46 bits per heavy atom. The molecule has 0 saturated carbocycles. The minimum atomic E-state index is 0.627. The number of hydrogen-bond acceptors (Lipinski definition) is 5. The fourth-order valence-corrected chi connectivity index (χ4v) is 2.50. The van der Waals surface area contributed by atoms with Crippen molar-refractivity contribution in [1.29, 1.82) is 0 Å². The molecule has 2 aromatic rings. The maximum atomic E-state index is 5.24. The van der Waals surface area contributed by atoms with Gasteiger partial charge in [0.15, 0.2) is 0 Å². The van der Waals surface area contributed by atoms with Crippen LogP contribution in [0.1, 0.15) is 11.8 Å². The third kappa shape index (κ3) is 2.32.